The molecule has 0 aromatic carbocycles. The summed E-state index contributed by atoms with van der Waals surface area (Å²) in [5.41, 5.74) is -0.0290. The maximum absolute atomic E-state index is 5.83. The van der Waals surface area contributed by atoms with Gasteiger partial charge in [0.05, 0.1) is 6.20 Å². The van der Waals surface area contributed by atoms with Crippen molar-refractivity contribution >= 4 is 5.96 Å². The molecule has 6 heteroatoms. The lowest BCUT2D eigenvalue weighted by molar-refractivity contribution is 0.139. The molecule has 1 aliphatic heterocycles. The molecule has 1 saturated heterocycles. The van der Waals surface area contributed by atoms with Gasteiger partial charge in [0, 0.05) is 31.1 Å². The molecule has 26 heavy (non-hydrogen) atoms. The monoisotopic (exact) mass is 363 g/mol. The third-order valence-electron chi connectivity index (χ3n) is 4.89. The fourth-order valence-electron chi connectivity index (χ4n) is 3.22. The minimum absolute atomic E-state index is 0.0290. The fourth-order valence-corrected chi connectivity index (χ4v) is 3.22. The molecule has 6 nitrogen and oxygen atoms in total. The van der Waals surface area contributed by atoms with Crippen LogP contribution in [0.4, 0.5) is 0 Å². The molecular formula is C20H37N5O. The summed E-state index contributed by atoms with van der Waals surface area (Å²) in [6.07, 6.45) is 4.47. The second-order valence-corrected chi connectivity index (χ2v) is 8.54. The summed E-state index contributed by atoms with van der Waals surface area (Å²) in [6.45, 7) is 17.6. The predicted molar refractivity (Wildman–Crippen MR) is 107 cm³/mol. The SMILES string of the molecule is CCNC(=NCc1ncc(C(C)(C)C)o1)NCC(C)N1CCCC(C)C1. The number of hydrogen-bond donors (Lipinski definition) is 2. The zero-order valence-corrected chi connectivity index (χ0v) is 17.4. The molecule has 1 fully saturated rings. The topological polar surface area (TPSA) is 65.7 Å². The van der Waals surface area contributed by atoms with Gasteiger partial charge >= 0.3 is 0 Å². The van der Waals surface area contributed by atoms with Crippen LogP contribution < -0.4 is 10.6 Å². The van der Waals surface area contributed by atoms with E-state index in [1.807, 2.05) is 6.20 Å². The lowest BCUT2D eigenvalue weighted by Crippen LogP contribution is -2.48. The highest BCUT2D eigenvalue weighted by molar-refractivity contribution is 5.79. The summed E-state index contributed by atoms with van der Waals surface area (Å²) in [7, 11) is 0. The quantitative estimate of drug-likeness (QED) is 0.600. The van der Waals surface area contributed by atoms with E-state index in [9.17, 15) is 0 Å². The summed E-state index contributed by atoms with van der Waals surface area (Å²) in [4.78, 5) is 11.6. The van der Waals surface area contributed by atoms with Gasteiger partial charge in [-0.3, -0.25) is 4.90 Å². The van der Waals surface area contributed by atoms with Crippen molar-refractivity contribution in [3.05, 3.63) is 17.8 Å². The van der Waals surface area contributed by atoms with Gasteiger partial charge in [0.1, 0.15) is 12.3 Å². The third kappa shape index (κ3) is 6.31. The summed E-state index contributed by atoms with van der Waals surface area (Å²) >= 11 is 0. The molecule has 2 atom stereocenters. The van der Waals surface area contributed by atoms with Crippen molar-refractivity contribution in [1.29, 1.82) is 0 Å². The van der Waals surface area contributed by atoms with Gasteiger partial charge in [0.2, 0.25) is 5.89 Å². The molecule has 2 N–H and O–H groups in total. The van der Waals surface area contributed by atoms with Gasteiger partial charge in [-0.1, -0.05) is 27.7 Å². The van der Waals surface area contributed by atoms with Crippen molar-refractivity contribution in [2.45, 2.75) is 72.4 Å². The first-order chi connectivity index (χ1) is 12.3. The first kappa shape index (κ1) is 20.7. The number of nitrogens with zero attached hydrogens (tertiary/aromatic N) is 3. The third-order valence-corrected chi connectivity index (χ3v) is 4.89. The van der Waals surface area contributed by atoms with Crippen molar-refractivity contribution in [1.82, 2.24) is 20.5 Å². The molecule has 148 valence electrons. The highest BCUT2D eigenvalue weighted by Crippen LogP contribution is 2.22. The van der Waals surface area contributed by atoms with E-state index in [0.717, 1.165) is 30.7 Å². The Morgan fingerprint density at radius 3 is 2.81 bits per heavy atom. The minimum atomic E-state index is -0.0290. The van der Waals surface area contributed by atoms with Crippen LogP contribution in [0.5, 0.6) is 0 Å². The highest BCUT2D eigenvalue weighted by Gasteiger charge is 2.21. The second kappa shape index (κ2) is 9.40. The van der Waals surface area contributed by atoms with Crippen LogP contribution in [0.25, 0.3) is 0 Å². The van der Waals surface area contributed by atoms with Crippen LogP contribution in [0.2, 0.25) is 0 Å². The summed E-state index contributed by atoms with van der Waals surface area (Å²) in [5, 5.41) is 6.78. The van der Waals surface area contributed by atoms with Crippen molar-refractivity contribution in [3.63, 3.8) is 0 Å². The van der Waals surface area contributed by atoms with Crippen molar-refractivity contribution in [2.75, 3.05) is 26.2 Å². The van der Waals surface area contributed by atoms with Crippen molar-refractivity contribution < 1.29 is 4.42 Å². The van der Waals surface area contributed by atoms with Crippen LogP contribution in [-0.4, -0.2) is 48.1 Å². The van der Waals surface area contributed by atoms with Gasteiger partial charge in [0.25, 0.3) is 0 Å². The standard InChI is InChI=1S/C20H37N5O/c1-7-21-19(23-11-16(3)25-10-8-9-15(2)14-25)24-13-18-22-12-17(26-18)20(4,5)6/h12,15-16H,7-11,13-14H2,1-6H3,(H2,21,23,24). The van der Waals surface area contributed by atoms with Crippen LogP contribution in [-0.2, 0) is 12.0 Å². The van der Waals surface area contributed by atoms with E-state index < -0.39 is 0 Å². The maximum Gasteiger partial charge on any atom is 0.216 e. The van der Waals surface area contributed by atoms with Crippen molar-refractivity contribution in [3.8, 4) is 0 Å². The molecule has 2 rings (SSSR count). The molecule has 0 amide bonds. The second-order valence-electron chi connectivity index (χ2n) is 8.54. The minimum Gasteiger partial charge on any atom is -0.443 e. The first-order valence-corrected chi connectivity index (χ1v) is 10.0. The molecule has 0 saturated carbocycles. The number of nitrogens with one attached hydrogen (secondary N) is 2. The van der Waals surface area contributed by atoms with E-state index in [1.165, 1.54) is 25.9 Å². The summed E-state index contributed by atoms with van der Waals surface area (Å²) in [5.74, 6) is 3.17. The number of aliphatic imine (C=N–C) groups is 1. The van der Waals surface area contributed by atoms with E-state index in [1.54, 1.807) is 0 Å². The number of guanidine groups is 1. The lowest BCUT2D eigenvalue weighted by Gasteiger charge is -2.35. The molecule has 1 aliphatic rings. The Kier molecular flexibility index (Phi) is 7.50. The van der Waals surface area contributed by atoms with Gasteiger partial charge in [0.15, 0.2) is 5.96 Å². The number of rotatable bonds is 6. The fraction of sp³-hybridized carbons (Fsp3) is 0.800. The van der Waals surface area contributed by atoms with E-state index >= 15 is 0 Å². The van der Waals surface area contributed by atoms with Gasteiger partial charge in [-0.25, -0.2) is 9.98 Å². The smallest absolute Gasteiger partial charge is 0.216 e. The van der Waals surface area contributed by atoms with E-state index in [0.29, 0.717) is 18.5 Å². The number of oxazole rings is 1. The van der Waals surface area contributed by atoms with E-state index in [-0.39, 0.29) is 5.41 Å². The maximum atomic E-state index is 5.83. The van der Waals surface area contributed by atoms with Crippen molar-refractivity contribution in [2.24, 2.45) is 10.9 Å². The molecule has 1 aromatic rings. The molecular weight excluding hydrogens is 326 g/mol. The summed E-state index contributed by atoms with van der Waals surface area (Å²) in [6, 6.07) is 0.496. The van der Waals surface area contributed by atoms with Gasteiger partial charge in [-0.15, -0.1) is 0 Å². The normalized spacial score (nSPS) is 20.8. The number of piperidine rings is 1. The Morgan fingerprint density at radius 1 is 1.42 bits per heavy atom. The lowest BCUT2D eigenvalue weighted by atomic mass is 9.94. The number of hydrogen-bond acceptors (Lipinski definition) is 4. The molecule has 0 radical (unpaired) electrons. The molecule has 2 unspecified atom stereocenters. The Bertz CT molecular complexity index is 575. The average Bonchev–Trinajstić information content (AvgIpc) is 3.06. The van der Waals surface area contributed by atoms with E-state index in [2.05, 4.69) is 67.1 Å². The van der Waals surface area contributed by atoms with Crippen LogP contribution in [0.3, 0.4) is 0 Å². The zero-order chi connectivity index (χ0) is 19.2. The van der Waals surface area contributed by atoms with Crippen LogP contribution in [0, 0.1) is 5.92 Å². The Balaban J connectivity index is 1.88. The van der Waals surface area contributed by atoms with Crippen LogP contribution in [0.1, 0.15) is 66.0 Å². The largest absolute Gasteiger partial charge is 0.443 e. The number of aromatic nitrogens is 1. The van der Waals surface area contributed by atoms with Gasteiger partial charge in [-0.2, -0.15) is 0 Å². The molecule has 0 bridgehead atoms. The summed E-state index contributed by atoms with van der Waals surface area (Å²) < 4.78 is 5.83. The Morgan fingerprint density at radius 2 is 2.19 bits per heavy atom. The van der Waals surface area contributed by atoms with E-state index in [4.69, 9.17) is 4.42 Å². The first-order valence-electron chi connectivity index (χ1n) is 10.0. The molecule has 2 heterocycles. The predicted octanol–water partition coefficient (Wildman–Crippen LogP) is 3.15. The zero-order valence-electron chi connectivity index (χ0n) is 17.4. The van der Waals surface area contributed by atoms with Gasteiger partial charge < -0.3 is 15.1 Å². The molecule has 1 aromatic heterocycles. The molecule has 0 spiro atoms. The number of likely N-dealkylation sites (tertiary alicyclic amines) is 1. The molecule has 0 aliphatic carbocycles. The van der Waals surface area contributed by atoms with Crippen LogP contribution >= 0.6 is 0 Å². The Hall–Kier alpha value is -1.56. The van der Waals surface area contributed by atoms with Gasteiger partial charge in [-0.05, 0) is 39.2 Å². The van der Waals surface area contributed by atoms with Crippen LogP contribution in [0.15, 0.2) is 15.6 Å². The average molecular weight is 364 g/mol. The highest BCUT2D eigenvalue weighted by atomic mass is 16.4. The Labute approximate surface area is 158 Å².